The summed E-state index contributed by atoms with van der Waals surface area (Å²) in [4.78, 5) is 22.5. The van der Waals surface area contributed by atoms with Crippen molar-refractivity contribution in [2.45, 2.75) is 24.3 Å². The number of nitrogens with zero attached hydrogens (tertiary/aromatic N) is 3. The van der Waals surface area contributed by atoms with Gasteiger partial charge >= 0.3 is 12.2 Å². The Hall–Kier alpha value is -1.82. The normalized spacial score (nSPS) is 11.3. The van der Waals surface area contributed by atoms with E-state index in [0.29, 0.717) is 24.1 Å². The molecule has 0 spiro atoms. The number of carbonyl (C=O) groups is 2. The second-order valence-corrected chi connectivity index (χ2v) is 5.31. The van der Waals surface area contributed by atoms with Crippen LogP contribution in [0.5, 0.6) is 0 Å². The molecule has 0 atom stereocenters. The summed E-state index contributed by atoms with van der Waals surface area (Å²) in [5.74, 6) is -0.385. The lowest BCUT2D eigenvalue weighted by atomic mass is 10.4. The molecule has 0 bridgehead atoms. The zero-order chi connectivity index (χ0) is 17.3. The number of urea groups is 1. The van der Waals surface area contributed by atoms with Gasteiger partial charge in [0.05, 0.1) is 6.61 Å². The molecular weight excluding hydrogens is 339 g/mol. The first-order chi connectivity index (χ1) is 10.8. The number of halogens is 3. The lowest BCUT2D eigenvalue weighted by Crippen LogP contribution is -2.43. The first-order valence-electron chi connectivity index (χ1n) is 6.46. The highest BCUT2D eigenvalue weighted by Crippen LogP contribution is 2.15. The Morgan fingerprint density at radius 1 is 1.43 bits per heavy atom. The number of alkyl halides is 3. The summed E-state index contributed by atoms with van der Waals surface area (Å²) in [5.41, 5.74) is 0. The van der Waals surface area contributed by atoms with Crippen LogP contribution in [0.15, 0.2) is 11.5 Å². The van der Waals surface area contributed by atoms with E-state index in [4.69, 9.17) is 4.74 Å². The second-order valence-electron chi connectivity index (χ2n) is 4.24. The molecule has 0 aliphatic heterocycles. The minimum Gasteiger partial charge on any atom is -0.383 e. The Morgan fingerprint density at radius 2 is 2.17 bits per heavy atom. The molecule has 130 valence electrons. The number of rotatable bonds is 8. The Balaban J connectivity index is 2.26. The van der Waals surface area contributed by atoms with E-state index in [1.54, 1.807) is 17.0 Å². The maximum atomic E-state index is 11.9. The molecule has 1 aromatic rings. The number of hydrogen-bond acceptors (Lipinski definition) is 6. The van der Waals surface area contributed by atoms with Gasteiger partial charge in [0.15, 0.2) is 5.16 Å². The zero-order valence-electron chi connectivity index (χ0n) is 12.2. The van der Waals surface area contributed by atoms with Gasteiger partial charge in [0.25, 0.3) is 0 Å². The van der Waals surface area contributed by atoms with Crippen LogP contribution in [0.4, 0.5) is 18.0 Å². The van der Waals surface area contributed by atoms with E-state index in [1.165, 1.54) is 18.1 Å². The number of amides is 3. The van der Waals surface area contributed by atoms with Gasteiger partial charge in [0.2, 0.25) is 5.91 Å². The Bertz CT molecular complexity index is 523. The number of thioether (sulfide) groups is 1. The fraction of sp³-hybridized carbons (Fsp3) is 0.636. The van der Waals surface area contributed by atoms with Crippen LogP contribution >= 0.6 is 11.8 Å². The molecule has 8 nitrogen and oxygen atoms in total. The predicted molar refractivity (Wildman–Crippen MR) is 74.8 cm³/mol. The van der Waals surface area contributed by atoms with Gasteiger partial charge in [-0.15, -0.1) is 10.2 Å². The van der Waals surface area contributed by atoms with Gasteiger partial charge in [0.1, 0.15) is 12.9 Å². The first-order valence-corrected chi connectivity index (χ1v) is 7.44. The topological polar surface area (TPSA) is 98.1 Å². The number of ether oxygens (including phenoxy) is 1. The van der Waals surface area contributed by atoms with Crippen molar-refractivity contribution in [2.24, 2.45) is 0 Å². The summed E-state index contributed by atoms with van der Waals surface area (Å²) in [5, 5.41) is 11.5. The van der Waals surface area contributed by atoms with Crippen molar-refractivity contribution in [2.75, 3.05) is 26.0 Å². The van der Waals surface area contributed by atoms with E-state index >= 15 is 0 Å². The number of imide groups is 1. The average molecular weight is 355 g/mol. The third kappa shape index (κ3) is 8.40. The monoisotopic (exact) mass is 355 g/mol. The van der Waals surface area contributed by atoms with Crippen LogP contribution in [0.1, 0.15) is 6.42 Å². The molecule has 23 heavy (non-hydrogen) atoms. The van der Waals surface area contributed by atoms with Gasteiger partial charge in [-0.3, -0.25) is 10.1 Å². The van der Waals surface area contributed by atoms with Crippen molar-refractivity contribution in [3.63, 3.8) is 0 Å². The van der Waals surface area contributed by atoms with Crippen LogP contribution in [-0.2, 0) is 16.1 Å². The largest absolute Gasteiger partial charge is 0.405 e. The van der Waals surface area contributed by atoms with Crippen LogP contribution in [-0.4, -0.2) is 58.9 Å². The summed E-state index contributed by atoms with van der Waals surface area (Å²) in [6, 6.07) is -1.18. The summed E-state index contributed by atoms with van der Waals surface area (Å²) in [7, 11) is 1.56. The highest BCUT2D eigenvalue weighted by molar-refractivity contribution is 7.99. The van der Waals surface area contributed by atoms with E-state index in [2.05, 4.69) is 10.2 Å². The maximum Gasteiger partial charge on any atom is 0.405 e. The van der Waals surface area contributed by atoms with Crippen LogP contribution in [0, 0.1) is 0 Å². The third-order valence-electron chi connectivity index (χ3n) is 2.38. The molecule has 0 saturated heterocycles. The van der Waals surface area contributed by atoms with Crippen molar-refractivity contribution >= 4 is 23.7 Å². The fourth-order valence-corrected chi connectivity index (χ4v) is 2.23. The van der Waals surface area contributed by atoms with Gasteiger partial charge in [-0.2, -0.15) is 13.2 Å². The second kappa shape index (κ2) is 9.35. The summed E-state index contributed by atoms with van der Waals surface area (Å²) in [6.07, 6.45) is -3.06. The molecule has 0 saturated carbocycles. The maximum absolute atomic E-state index is 11.9. The standard InChI is InChI=1S/C11H16F3N5O3S/c1-22-4-3-19-7-16-18-10(19)23-5-2-8(20)17-9(21)15-6-11(12,13)14/h7H,2-6H2,1H3,(H2,15,17,20,21). The SMILES string of the molecule is COCCn1cnnc1SCCC(=O)NC(=O)NCC(F)(F)F. The molecule has 12 heteroatoms. The molecule has 0 unspecified atom stereocenters. The van der Waals surface area contributed by atoms with Crippen LogP contribution < -0.4 is 10.6 Å². The molecule has 0 radical (unpaired) electrons. The third-order valence-corrected chi connectivity index (χ3v) is 3.36. The average Bonchev–Trinajstić information content (AvgIpc) is 2.89. The van der Waals surface area contributed by atoms with E-state index in [9.17, 15) is 22.8 Å². The molecule has 0 fully saturated rings. The predicted octanol–water partition coefficient (Wildman–Crippen LogP) is 0.795. The number of aromatic nitrogens is 3. The lowest BCUT2D eigenvalue weighted by Gasteiger charge is -2.09. The number of carbonyl (C=O) groups excluding carboxylic acids is 2. The highest BCUT2D eigenvalue weighted by atomic mass is 32.2. The number of hydrogen-bond donors (Lipinski definition) is 2. The number of nitrogens with one attached hydrogen (secondary N) is 2. The molecule has 2 N–H and O–H groups in total. The number of methoxy groups -OCH3 is 1. The fourth-order valence-electron chi connectivity index (χ4n) is 1.35. The Kier molecular flexibility index (Phi) is 7.81. The van der Waals surface area contributed by atoms with Gasteiger partial charge in [-0.1, -0.05) is 11.8 Å². The highest BCUT2D eigenvalue weighted by Gasteiger charge is 2.27. The smallest absolute Gasteiger partial charge is 0.383 e. The van der Waals surface area contributed by atoms with Crippen molar-refractivity contribution in [1.29, 1.82) is 0 Å². The van der Waals surface area contributed by atoms with E-state index in [-0.39, 0.29) is 6.42 Å². The van der Waals surface area contributed by atoms with Crippen molar-refractivity contribution in [1.82, 2.24) is 25.4 Å². The van der Waals surface area contributed by atoms with Gasteiger partial charge in [0, 0.05) is 25.8 Å². The summed E-state index contributed by atoms with van der Waals surface area (Å²) < 4.78 is 42.3. The first kappa shape index (κ1) is 19.2. The summed E-state index contributed by atoms with van der Waals surface area (Å²) in [6.45, 7) is -0.465. The molecular formula is C11H16F3N5O3S. The molecule has 0 aromatic carbocycles. The van der Waals surface area contributed by atoms with E-state index < -0.39 is 24.7 Å². The van der Waals surface area contributed by atoms with E-state index in [0.717, 1.165) is 0 Å². The Labute approximate surface area is 134 Å². The van der Waals surface area contributed by atoms with E-state index in [1.807, 2.05) is 5.32 Å². The van der Waals surface area contributed by atoms with Gasteiger partial charge < -0.3 is 14.6 Å². The molecule has 1 heterocycles. The zero-order valence-corrected chi connectivity index (χ0v) is 13.0. The molecule has 1 rings (SSSR count). The van der Waals surface area contributed by atoms with Crippen LogP contribution in [0.25, 0.3) is 0 Å². The molecule has 1 aromatic heterocycles. The molecule has 3 amide bonds. The van der Waals surface area contributed by atoms with Crippen molar-refractivity contribution in [3.8, 4) is 0 Å². The minimum atomic E-state index is -4.53. The van der Waals surface area contributed by atoms with Crippen LogP contribution in [0.3, 0.4) is 0 Å². The summed E-state index contributed by atoms with van der Waals surface area (Å²) >= 11 is 1.24. The van der Waals surface area contributed by atoms with Gasteiger partial charge in [-0.25, -0.2) is 4.79 Å². The van der Waals surface area contributed by atoms with Crippen molar-refractivity contribution < 1.29 is 27.5 Å². The minimum absolute atomic E-state index is 0.0543. The lowest BCUT2D eigenvalue weighted by molar-refractivity contribution is -0.124. The molecule has 0 aliphatic rings. The molecule has 0 aliphatic carbocycles. The van der Waals surface area contributed by atoms with Crippen LogP contribution in [0.2, 0.25) is 0 Å². The van der Waals surface area contributed by atoms with Gasteiger partial charge in [-0.05, 0) is 0 Å². The van der Waals surface area contributed by atoms with Crippen molar-refractivity contribution in [3.05, 3.63) is 6.33 Å². The Morgan fingerprint density at radius 3 is 2.83 bits per heavy atom. The quantitative estimate of drug-likeness (QED) is 0.669.